The van der Waals surface area contributed by atoms with E-state index in [1.165, 1.54) is 17.4 Å². The van der Waals surface area contributed by atoms with Gasteiger partial charge in [0.1, 0.15) is 5.82 Å². The fraction of sp³-hybridized carbons (Fsp3) is 0.571. The molecule has 1 aromatic heterocycles. The first-order valence-electron chi connectivity index (χ1n) is 10.3. The van der Waals surface area contributed by atoms with Gasteiger partial charge in [-0.1, -0.05) is 0 Å². The zero-order chi connectivity index (χ0) is 21.6. The number of halogens is 2. The molecule has 0 saturated carbocycles. The Morgan fingerprint density at radius 1 is 1.10 bits per heavy atom. The van der Waals surface area contributed by atoms with Crippen molar-refractivity contribution >= 4 is 27.8 Å². The Kier molecular flexibility index (Phi) is 5.87. The van der Waals surface area contributed by atoms with Crippen molar-refractivity contribution < 1.29 is 13.5 Å². The highest BCUT2D eigenvalue weighted by Crippen LogP contribution is 2.38. The average molecular weight is 438 g/mol. The van der Waals surface area contributed by atoms with Crippen LogP contribution in [-0.2, 0) is 4.74 Å². The summed E-state index contributed by atoms with van der Waals surface area (Å²) in [6.07, 6.45) is 0.158. The number of ether oxygens (including phenoxy) is 1. The van der Waals surface area contributed by atoms with Gasteiger partial charge < -0.3 is 25.2 Å². The molecule has 2 N–H and O–H groups in total. The second-order valence-corrected chi connectivity index (χ2v) is 9.27. The molecular formula is C21H29F2N5OS. The molecule has 9 heteroatoms. The van der Waals surface area contributed by atoms with Crippen molar-refractivity contribution in [1.82, 2.24) is 9.88 Å². The zero-order valence-corrected chi connectivity index (χ0v) is 18.7. The van der Waals surface area contributed by atoms with Crippen molar-refractivity contribution in [3.63, 3.8) is 0 Å². The predicted molar refractivity (Wildman–Crippen MR) is 118 cm³/mol. The first-order valence-corrected chi connectivity index (χ1v) is 11.2. The van der Waals surface area contributed by atoms with E-state index in [4.69, 9.17) is 10.5 Å². The van der Waals surface area contributed by atoms with E-state index in [0.29, 0.717) is 31.9 Å². The van der Waals surface area contributed by atoms with Crippen molar-refractivity contribution in [3.05, 3.63) is 23.1 Å². The third kappa shape index (κ3) is 3.98. The van der Waals surface area contributed by atoms with Crippen LogP contribution >= 0.6 is 11.3 Å². The molecule has 0 spiro atoms. The normalized spacial score (nSPS) is 25.7. The summed E-state index contributed by atoms with van der Waals surface area (Å²) in [5.74, 6) is -1.37. The summed E-state index contributed by atoms with van der Waals surface area (Å²) in [6, 6.07) is 1.63. The topological polar surface area (TPSA) is 57.9 Å². The first-order chi connectivity index (χ1) is 14.2. The lowest BCUT2D eigenvalue weighted by Gasteiger charge is -2.39. The molecule has 0 amide bonds. The third-order valence-corrected chi connectivity index (χ3v) is 6.87. The second-order valence-electron chi connectivity index (χ2n) is 8.43. The highest BCUT2D eigenvalue weighted by molar-refractivity contribution is 7.14. The number of hydrogen-bond donors (Lipinski definition) is 1. The van der Waals surface area contributed by atoms with Crippen molar-refractivity contribution in [3.8, 4) is 11.3 Å². The quantitative estimate of drug-likeness (QED) is 0.743. The van der Waals surface area contributed by atoms with Gasteiger partial charge in [-0.3, -0.25) is 0 Å². The van der Waals surface area contributed by atoms with Crippen LogP contribution in [0.25, 0.3) is 11.3 Å². The number of nitrogens with two attached hydrogens (primary N) is 1. The average Bonchev–Trinajstić information content (AvgIpc) is 3.16. The smallest absolute Gasteiger partial charge is 0.186 e. The number of thiazole rings is 1. The largest absolute Gasteiger partial charge is 0.395 e. The summed E-state index contributed by atoms with van der Waals surface area (Å²) < 4.78 is 36.1. The van der Waals surface area contributed by atoms with Crippen LogP contribution in [0.15, 0.2) is 11.4 Å². The van der Waals surface area contributed by atoms with Gasteiger partial charge >= 0.3 is 0 Å². The first kappa shape index (κ1) is 21.3. The van der Waals surface area contributed by atoms with Gasteiger partial charge in [-0.15, -0.1) is 11.3 Å². The molecule has 1 aromatic carbocycles. The van der Waals surface area contributed by atoms with Gasteiger partial charge in [-0.2, -0.15) is 0 Å². The lowest BCUT2D eigenvalue weighted by Crippen LogP contribution is -2.50. The summed E-state index contributed by atoms with van der Waals surface area (Å²) in [4.78, 5) is 10.8. The number of aromatic nitrogens is 1. The Labute approximate surface area is 180 Å². The molecule has 2 aliphatic heterocycles. The Morgan fingerprint density at radius 3 is 2.47 bits per heavy atom. The van der Waals surface area contributed by atoms with Crippen LogP contribution in [0.4, 0.5) is 25.3 Å². The molecule has 0 unspecified atom stereocenters. The van der Waals surface area contributed by atoms with Crippen molar-refractivity contribution in [2.45, 2.75) is 39.0 Å². The lowest BCUT2D eigenvalue weighted by molar-refractivity contribution is -0.00522. The maximum Gasteiger partial charge on any atom is 0.186 e. The van der Waals surface area contributed by atoms with Crippen LogP contribution in [0, 0.1) is 11.6 Å². The molecule has 0 bridgehead atoms. The number of rotatable bonds is 3. The van der Waals surface area contributed by atoms with Crippen LogP contribution < -0.4 is 15.5 Å². The molecule has 2 aromatic rings. The summed E-state index contributed by atoms with van der Waals surface area (Å²) in [7, 11) is 2.05. The Balaban J connectivity index is 1.63. The van der Waals surface area contributed by atoms with E-state index in [2.05, 4.69) is 21.7 Å². The summed E-state index contributed by atoms with van der Waals surface area (Å²) >= 11 is 1.38. The molecule has 2 aliphatic rings. The van der Waals surface area contributed by atoms with Gasteiger partial charge in [0.05, 0.1) is 34.8 Å². The molecule has 3 heterocycles. The molecule has 0 aliphatic carbocycles. The van der Waals surface area contributed by atoms with Crippen LogP contribution in [-0.4, -0.2) is 67.9 Å². The maximum atomic E-state index is 15.2. The lowest BCUT2D eigenvalue weighted by atomic mass is 10.1. The van der Waals surface area contributed by atoms with Crippen LogP contribution in [0.3, 0.4) is 0 Å². The molecule has 3 atom stereocenters. The van der Waals surface area contributed by atoms with Crippen molar-refractivity contribution in [2.75, 3.05) is 55.3 Å². The number of nitrogens with zero attached hydrogens (tertiary/aromatic N) is 4. The van der Waals surface area contributed by atoms with Gasteiger partial charge in [0.25, 0.3) is 0 Å². The molecular weight excluding hydrogens is 408 g/mol. The minimum Gasteiger partial charge on any atom is -0.395 e. The number of nitrogen functional groups attached to an aromatic ring is 1. The molecule has 0 radical (unpaired) electrons. The number of benzene rings is 1. The third-order valence-electron chi connectivity index (χ3n) is 5.97. The Morgan fingerprint density at radius 2 is 1.80 bits per heavy atom. The van der Waals surface area contributed by atoms with E-state index in [-0.39, 0.29) is 35.2 Å². The SMILES string of the molecule is C[C@@H]1CN(c2nc(-c3c(F)cc(N4CCN(C)[C@@H](C)C4)c(N)c3F)cs2)C[C@H](C)O1. The molecule has 4 rings (SSSR count). The van der Waals surface area contributed by atoms with Gasteiger partial charge in [-0.25, -0.2) is 13.8 Å². The highest BCUT2D eigenvalue weighted by atomic mass is 32.1. The number of morpholine rings is 1. The zero-order valence-electron chi connectivity index (χ0n) is 17.9. The van der Waals surface area contributed by atoms with Gasteiger partial charge in [0, 0.05) is 50.2 Å². The molecule has 30 heavy (non-hydrogen) atoms. The molecule has 2 fully saturated rings. The highest BCUT2D eigenvalue weighted by Gasteiger charge is 2.28. The van der Waals surface area contributed by atoms with Gasteiger partial charge in [0.15, 0.2) is 10.9 Å². The van der Waals surface area contributed by atoms with E-state index in [9.17, 15) is 0 Å². The monoisotopic (exact) mass is 437 g/mol. The predicted octanol–water partition coefficient (Wildman–Crippen LogP) is 3.42. The Bertz CT molecular complexity index is 913. The van der Waals surface area contributed by atoms with Gasteiger partial charge in [0.2, 0.25) is 0 Å². The van der Waals surface area contributed by atoms with Crippen LogP contribution in [0.2, 0.25) is 0 Å². The number of hydrogen-bond acceptors (Lipinski definition) is 7. The molecule has 164 valence electrons. The standard InChI is InChI=1S/C21H29F2N5OS/c1-12-8-27(6-5-26(12)4)17-7-15(22)18(19(23)20(17)24)16-11-30-21(25-16)28-9-13(2)29-14(3)10-28/h7,11-14H,5-6,8-10,24H2,1-4H3/t12-,13-,14+/m0/s1. The summed E-state index contributed by atoms with van der Waals surface area (Å²) in [5, 5.41) is 2.43. The molecule has 2 saturated heterocycles. The minimum absolute atomic E-state index is 0.0219. The number of piperazine rings is 1. The van der Waals surface area contributed by atoms with E-state index >= 15 is 8.78 Å². The summed E-state index contributed by atoms with van der Waals surface area (Å²) in [5.41, 5.74) is 6.66. The number of anilines is 3. The van der Waals surface area contributed by atoms with E-state index < -0.39 is 11.6 Å². The van der Waals surface area contributed by atoms with Crippen molar-refractivity contribution in [1.29, 1.82) is 0 Å². The van der Waals surface area contributed by atoms with Crippen molar-refractivity contribution in [2.24, 2.45) is 0 Å². The van der Waals surface area contributed by atoms with Crippen LogP contribution in [0.1, 0.15) is 20.8 Å². The maximum absolute atomic E-state index is 15.2. The fourth-order valence-electron chi connectivity index (χ4n) is 4.24. The van der Waals surface area contributed by atoms with E-state index in [1.54, 1.807) is 5.38 Å². The minimum atomic E-state index is -0.739. The summed E-state index contributed by atoms with van der Waals surface area (Å²) in [6.45, 7) is 9.68. The second kappa shape index (κ2) is 8.28. The number of likely N-dealkylation sites (N-methyl/N-ethyl adjacent to an activating group) is 1. The van der Waals surface area contributed by atoms with E-state index in [1.807, 2.05) is 25.8 Å². The Hall–Kier alpha value is -1.97. The van der Waals surface area contributed by atoms with Gasteiger partial charge in [-0.05, 0) is 27.8 Å². The molecule has 6 nitrogen and oxygen atoms in total. The fourth-order valence-corrected chi connectivity index (χ4v) is 5.08. The van der Waals surface area contributed by atoms with Crippen LogP contribution in [0.5, 0.6) is 0 Å². The van der Waals surface area contributed by atoms with E-state index in [0.717, 1.165) is 11.7 Å².